The van der Waals surface area contributed by atoms with Crippen molar-refractivity contribution in [3.63, 3.8) is 0 Å². The molecule has 94 valence electrons. The van der Waals surface area contributed by atoms with Crippen molar-refractivity contribution in [1.29, 1.82) is 0 Å². The minimum atomic E-state index is -3.11. The fourth-order valence-corrected chi connectivity index (χ4v) is 3.40. The molecule has 0 unspecified atom stereocenters. The Labute approximate surface area is 97.2 Å². The molecule has 0 aromatic rings. The second-order valence-corrected chi connectivity index (χ2v) is 6.65. The van der Waals surface area contributed by atoms with E-state index in [0.717, 1.165) is 0 Å². The Morgan fingerprint density at radius 1 is 1.38 bits per heavy atom. The Balaban J connectivity index is 2.51. The van der Waals surface area contributed by atoms with Crippen LogP contribution >= 0.6 is 0 Å². The van der Waals surface area contributed by atoms with Crippen LogP contribution in [0, 0.1) is 5.92 Å². The molecule has 1 fully saturated rings. The van der Waals surface area contributed by atoms with E-state index in [0.29, 0.717) is 44.0 Å². The minimum Gasteiger partial charge on any atom is -0.411 e. The van der Waals surface area contributed by atoms with Gasteiger partial charge in [-0.1, -0.05) is 19.0 Å². The highest BCUT2D eigenvalue weighted by molar-refractivity contribution is 7.89. The van der Waals surface area contributed by atoms with Gasteiger partial charge < -0.3 is 5.21 Å². The van der Waals surface area contributed by atoms with Crippen LogP contribution in [-0.4, -0.2) is 42.5 Å². The zero-order chi connectivity index (χ0) is 12.2. The standard InChI is InChI=1S/C10H20N2O3S/c1-9(2)5-8-16(14,15)12-6-3-10(11-13)4-7-12/h9,13H,3-8H2,1-2H3. The maximum absolute atomic E-state index is 11.9. The van der Waals surface area contributed by atoms with E-state index >= 15 is 0 Å². The normalized spacial score (nSPS) is 19.1. The van der Waals surface area contributed by atoms with Crippen LogP contribution in [0.15, 0.2) is 5.16 Å². The lowest BCUT2D eigenvalue weighted by atomic mass is 10.1. The second-order valence-electron chi connectivity index (χ2n) is 4.56. The summed E-state index contributed by atoms with van der Waals surface area (Å²) in [5.74, 6) is 0.616. The summed E-state index contributed by atoms with van der Waals surface area (Å²) in [6.07, 6.45) is 1.77. The van der Waals surface area contributed by atoms with Crippen LogP contribution in [0.1, 0.15) is 33.1 Å². The fourth-order valence-electron chi connectivity index (χ4n) is 1.64. The Bertz CT molecular complexity index is 339. The summed E-state index contributed by atoms with van der Waals surface area (Å²) in [4.78, 5) is 0. The zero-order valence-electron chi connectivity index (χ0n) is 9.89. The summed E-state index contributed by atoms with van der Waals surface area (Å²) < 4.78 is 25.3. The number of sulfonamides is 1. The van der Waals surface area contributed by atoms with E-state index in [1.54, 1.807) is 0 Å². The topological polar surface area (TPSA) is 70.0 Å². The molecule has 1 aliphatic heterocycles. The van der Waals surface area contributed by atoms with Gasteiger partial charge in [-0.3, -0.25) is 0 Å². The molecule has 0 spiro atoms. The van der Waals surface area contributed by atoms with E-state index in [-0.39, 0.29) is 5.75 Å². The maximum atomic E-state index is 11.9. The van der Waals surface area contributed by atoms with Crippen molar-refractivity contribution in [2.24, 2.45) is 11.1 Å². The predicted octanol–water partition coefficient (Wildman–Crippen LogP) is 1.29. The van der Waals surface area contributed by atoms with Crippen molar-refractivity contribution < 1.29 is 13.6 Å². The first-order valence-corrected chi connectivity index (χ1v) is 7.24. The van der Waals surface area contributed by atoms with E-state index in [1.165, 1.54) is 4.31 Å². The number of hydrogen-bond acceptors (Lipinski definition) is 4. The number of nitrogens with zero attached hydrogens (tertiary/aromatic N) is 2. The molecule has 0 bridgehead atoms. The van der Waals surface area contributed by atoms with Crippen molar-refractivity contribution in [3.05, 3.63) is 0 Å². The van der Waals surface area contributed by atoms with Crippen LogP contribution < -0.4 is 0 Å². The van der Waals surface area contributed by atoms with Gasteiger partial charge in [0.25, 0.3) is 0 Å². The Hall–Kier alpha value is -0.620. The van der Waals surface area contributed by atoms with Gasteiger partial charge in [0, 0.05) is 25.9 Å². The fraction of sp³-hybridized carbons (Fsp3) is 0.900. The van der Waals surface area contributed by atoms with Gasteiger partial charge >= 0.3 is 0 Å². The first-order valence-electron chi connectivity index (χ1n) is 5.63. The van der Waals surface area contributed by atoms with Gasteiger partial charge in [-0.05, 0) is 12.3 Å². The third-order valence-corrected chi connectivity index (χ3v) is 4.69. The van der Waals surface area contributed by atoms with Crippen LogP contribution in [0.4, 0.5) is 0 Å². The lowest BCUT2D eigenvalue weighted by Crippen LogP contribution is -2.40. The second kappa shape index (κ2) is 5.63. The molecule has 1 aliphatic rings. The highest BCUT2D eigenvalue weighted by Crippen LogP contribution is 2.14. The smallest absolute Gasteiger partial charge is 0.214 e. The molecule has 0 amide bonds. The maximum Gasteiger partial charge on any atom is 0.214 e. The Kier molecular flexibility index (Phi) is 4.73. The molecular weight excluding hydrogens is 228 g/mol. The third-order valence-electron chi connectivity index (χ3n) is 2.79. The van der Waals surface area contributed by atoms with E-state index in [9.17, 15) is 8.42 Å². The van der Waals surface area contributed by atoms with Crippen molar-refractivity contribution in [1.82, 2.24) is 4.31 Å². The quantitative estimate of drug-likeness (QED) is 0.602. The molecule has 16 heavy (non-hydrogen) atoms. The molecular formula is C10H20N2O3S. The zero-order valence-corrected chi connectivity index (χ0v) is 10.7. The molecule has 0 aromatic heterocycles. The number of hydrogen-bond donors (Lipinski definition) is 1. The van der Waals surface area contributed by atoms with Crippen LogP contribution in [0.25, 0.3) is 0 Å². The number of oxime groups is 1. The minimum absolute atomic E-state index is 0.219. The molecule has 0 aromatic carbocycles. The van der Waals surface area contributed by atoms with Crippen molar-refractivity contribution in [2.75, 3.05) is 18.8 Å². The van der Waals surface area contributed by atoms with Crippen molar-refractivity contribution in [3.8, 4) is 0 Å². The predicted molar refractivity (Wildman–Crippen MR) is 63.3 cm³/mol. The SMILES string of the molecule is CC(C)CCS(=O)(=O)N1CCC(=NO)CC1. The van der Waals surface area contributed by atoms with Crippen LogP contribution in [0.2, 0.25) is 0 Å². The first-order chi connectivity index (χ1) is 7.45. The van der Waals surface area contributed by atoms with E-state index in [1.807, 2.05) is 13.8 Å². The van der Waals surface area contributed by atoms with Crippen molar-refractivity contribution >= 4 is 15.7 Å². The molecule has 1 heterocycles. The molecule has 0 radical (unpaired) electrons. The number of rotatable bonds is 4. The first kappa shape index (κ1) is 13.4. The summed E-state index contributed by atoms with van der Waals surface area (Å²) in [7, 11) is -3.11. The lowest BCUT2D eigenvalue weighted by Gasteiger charge is -2.26. The molecule has 0 aliphatic carbocycles. The summed E-state index contributed by atoms with van der Waals surface area (Å²) >= 11 is 0. The highest BCUT2D eigenvalue weighted by Gasteiger charge is 2.26. The third kappa shape index (κ3) is 3.75. The highest BCUT2D eigenvalue weighted by atomic mass is 32.2. The average Bonchev–Trinajstić information content (AvgIpc) is 2.27. The Morgan fingerprint density at radius 2 is 1.94 bits per heavy atom. The van der Waals surface area contributed by atoms with E-state index < -0.39 is 10.0 Å². The van der Waals surface area contributed by atoms with E-state index in [2.05, 4.69) is 5.16 Å². The van der Waals surface area contributed by atoms with Crippen molar-refractivity contribution in [2.45, 2.75) is 33.1 Å². The van der Waals surface area contributed by atoms with Gasteiger partial charge in [-0.15, -0.1) is 0 Å². The summed E-state index contributed by atoms with van der Waals surface area (Å²) in [5, 5.41) is 11.7. The molecule has 0 atom stereocenters. The molecule has 5 nitrogen and oxygen atoms in total. The average molecular weight is 248 g/mol. The molecule has 1 rings (SSSR count). The largest absolute Gasteiger partial charge is 0.411 e. The van der Waals surface area contributed by atoms with Gasteiger partial charge in [0.15, 0.2) is 0 Å². The lowest BCUT2D eigenvalue weighted by molar-refractivity contribution is 0.309. The molecule has 1 saturated heterocycles. The van der Waals surface area contributed by atoms with Crippen LogP contribution in [0.3, 0.4) is 0 Å². The van der Waals surface area contributed by atoms with Gasteiger partial charge in [0.05, 0.1) is 11.5 Å². The van der Waals surface area contributed by atoms with Crippen LogP contribution in [-0.2, 0) is 10.0 Å². The van der Waals surface area contributed by atoms with Gasteiger partial charge in [0.1, 0.15) is 0 Å². The summed E-state index contributed by atoms with van der Waals surface area (Å²) in [6.45, 7) is 4.92. The summed E-state index contributed by atoms with van der Waals surface area (Å²) in [5.41, 5.74) is 0.690. The Morgan fingerprint density at radius 3 is 2.38 bits per heavy atom. The monoisotopic (exact) mass is 248 g/mol. The summed E-state index contributed by atoms with van der Waals surface area (Å²) in [6, 6.07) is 0. The van der Waals surface area contributed by atoms with Gasteiger partial charge in [-0.25, -0.2) is 12.7 Å². The van der Waals surface area contributed by atoms with Gasteiger partial charge in [-0.2, -0.15) is 0 Å². The van der Waals surface area contributed by atoms with Crippen LogP contribution in [0.5, 0.6) is 0 Å². The number of piperidine rings is 1. The van der Waals surface area contributed by atoms with Gasteiger partial charge in [0.2, 0.25) is 10.0 Å². The molecule has 0 saturated carbocycles. The molecule has 1 N–H and O–H groups in total. The van der Waals surface area contributed by atoms with E-state index in [4.69, 9.17) is 5.21 Å². The molecule has 6 heteroatoms.